The lowest BCUT2D eigenvalue weighted by Gasteiger charge is -2.13. The first-order chi connectivity index (χ1) is 19.4. The molecule has 0 aliphatic carbocycles. The van der Waals surface area contributed by atoms with Crippen molar-refractivity contribution >= 4 is 11.0 Å². The SMILES string of the molecule is Cc1ccccc1COc1ccc(-c2cc(C(F)(F)F)c3c(-c4ccccc4)nn(-c4ccccc4)c3n2)cc1. The Morgan fingerprint density at radius 3 is 2.08 bits per heavy atom. The second-order valence-electron chi connectivity index (χ2n) is 9.45. The molecule has 0 fully saturated rings. The third-order valence-corrected chi connectivity index (χ3v) is 6.80. The number of fused-ring (bicyclic) bond motifs is 1. The number of pyridine rings is 1. The van der Waals surface area contributed by atoms with E-state index < -0.39 is 11.7 Å². The molecule has 0 spiro atoms. The van der Waals surface area contributed by atoms with Crippen molar-refractivity contribution in [1.82, 2.24) is 14.8 Å². The zero-order valence-electron chi connectivity index (χ0n) is 21.6. The summed E-state index contributed by atoms with van der Waals surface area (Å²) in [5.74, 6) is 0.616. The molecule has 40 heavy (non-hydrogen) atoms. The molecule has 0 aliphatic heterocycles. The third-order valence-electron chi connectivity index (χ3n) is 6.80. The Hall–Kier alpha value is -4.91. The van der Waals surface area contributed by atoms with Crippen LogP contribution in [0.5, 0.6) is 5.75 Å². The van der Waals surface area contributed by atoms with Gasteiger partial charge in [-0.25, -0.2) is 9.67 Å². The van der Waals surface area contributed by atoms with Crippen LogP contribution in [-0.4, -0.2) is 14.8 Å². The number of aromatic nitrogens is 3. The largest absolute Gasteiger partial charge is 0.489 e. The fourth-order valence-electron chi connectivity index (χ4n) is 4.69. The second-order valence-corrected chi connectivity index (χ2v) is 9.45. The molecule has 7 heteroatoms. The van der Waals surface area contributed by atoms with Crippen LogP contribution >= 0.6 is 0 Å². The van der Waals surface area contributed by atoms with Gasteiger partial charge in [-0.15, -0.1) is 0 Å². The van der Waals surface area contributed by atoms with Crippen LogP contribution in [0.4, 0.5) is 13.2 Å². The molecular weight excluding hydrogens is 511 g/mol. The number of ether oxygens (including phenoxy) is 1. The number of hydrogen-bond donors (Lipinski definition) is 0. The van der Waals surface area contributed by atoms with Crippen molar-refractivity contribution in [2.75, 3.05) is 0 Å². The Labute approximate surface area is 229 Å². The van der Waals surface area contributed by atoms with Gasteiger partial charge < -0.3 is 4.74 Å². The summed E-state index contributed by atoms with van der Waals surface area (Å²) in [5, 5.41) is 4.61. The summed E-state index contributed by atoms with van der Waals surface area (Å²) in [6.07, 6.45) is -4.62. The van der Waals surface area contributed by atoms with Crippen LogP contribution in [0.15, 0.2) is 115 Å². The molecule has 6 aromatic rings. The smallest absolute Gasteiger partial charge is 0.417 e. The zero-order chi connectivity index (χ0) is 27.7. The van der Waals surface area contributed by atoms with Crippen LogP contribution in [0.1, 0.15) is 16.7 Å². The summed E-state index contributed by atoms with van der Waals surface area (Å²) >= 11 is 0. The fourth-order valence-corrected chi connectivity index (χ4v) is 4.69. The summed E-state index contributed by atoms with van der Waals surface area (Å²) in [6, 6.07) is 33.9. The van der Waals surface area contributed by atoms with Crippen LogP contribution in [0.3, 0.4) is 0 Å². The molecule has 0 atom stereocenters. The molecule has 4 aromatic carbocycles. The Morgan fingerprint density at radius 2 is 1.40 bits per heavy atom. The van der Waals surface area contributed by atoms with E-state index in [2.05, 4.69) is 5.10 Å². The van der Waals surface area contributed by atoms with Gasteiger partial charge in [0.05, 0.1) is 22.3 Å². The highest BCUT2D eigenvalue weighted by molar-refractivity contribution is 5.96. The molecule has 0 unspecified atom stereocenters. The Morgan fingerprint density at radius 1 is 0.750 bits per heavy atom. The van der Waals surface area contributed by atoms with E-state index in [0.717, 1.165) is 17.2 Å². The molecule has 0 N–H and O–H groups in total. The lowest BCUT2D eigenvalue weighted by Crippen LogP contribution is -2.08. The molecule has 0 amide bonds. The van der Waals surface area contributed by atoms with Gasteiger partial charge >= 0.3 is 6.18 Å². The Bertz CT molecular complexity index is 1780. The number of para-hydroxylation sites is 1. The maximum absolute atomic E-state index is 14.6. The first-order valence-electron chi connectivity index (χ1n) is 12.8. The number of alkyl halides is 3. The van der Waals surface area contributed by atoms with E-state index >= 15 is 0 Å². The molecule has 0 radical (unpaired) electrons. The normalized spacial score (nSPS) is 11.6. The number of rotatable bonds is 6. The topological polar surface area (TPSA) is 39.9 Å². The van der Waals surface area contributed by atoms with Crippen LogP contribution < -0.4 is 4.74 Å². The van der Waals surface area contributed by atoms with Crippen LogP contribution in [0.25, 0.3) is 39.2 Å². The average Bonchev–Trinajstić information content (AvgIpc) is 3.36. The van der Waals surface area contributed by atoms with Crippen molar-refractivity contribution in [3.63, 3.8) is 0 Å². The number of halogens is 3. The van der Waals surface area contributed by atoms with Crippen LogP contribution in [0.2, 0.25) is 0 Å². The highest BCUT2D eigenvalue weighted by Crippen LogP contribution is 2.41. The minimum absolute atomic E-state index is 0.0375. The molecule has 198 valence electrons. The molecule has 4 nitrogen and oxygen atoms in total. The highest BCUT2D eigenvalue weighted by Gasteiger charge is 2.36. The van der Waals surface area contributed by atoms with Gasteiger partial charge in [0.2, 0.25) is 0 Å². The lowest BCUT2D eigenvalue weighted by molar-refractivity contribution is -0.136. The number of hydrogen-bond acceptors (Lipinski definition) is 3. The molecular formula is C33H24F3N3O. The molecule has 2 heterocycles. The van der Waals surface area contributed by atoms with E-state index in [1.54, 1.807) is 60.7 Å². The van der Waals surface area contributed by atoms with E-state index in [4.69, 9.17) is 9.72 Å². The fraction of sp³-hybridized carbons (Fsp3) is 0.0909. The Balaban J connectivity index is 1.47. The summed E-state index contributed by atoms with van der Waals surface area (Å²) < 4.78 is 51.2. The first-order valence-corrected chi connectivity index (χ1v) is 12.8. The van der Waals surface area contributed by atoms with Crippen molar-refractivity contribution in [2.24, 2.45) is 0 Å². The second kappa shape index (κ2) is 10.3. The molecule has 6 rings (SSSR count). The third kappa shape index (κ3) is 4.94. The molecule has 2 aromatic heterocycles. The van der Waals surface area contributed by atoms with Crippen LogP contribution in [0, 0.1) is 6.92 Å². The summed E-state index contributed by atoms with van der Waals surface area (Å²) in [5.41, 5.74) is 3.71. The van der Waals surface area contributed by atoms with Crippen molar-refractivity contribution in [2.45, 2.75) is 19.7 Å². The first kappa shape index (κ1) is 25.4. The van der Waals surface area contributed by atoms with E-state index in [1.165, 1.54) is 4.68 Å². The number of benzene rings is 4. The van der Waals surface area contributed by atoms with E-state index in [-0.39, 0.29) is 22.4 Å². The Kier molecular flexibility index (Phi) is 6.56. The van der Waals surface area contributed by atoms with Gasteiger partial charge in [0, 0.05) is 11.1 Å². The molecule has 0 saturated carbocycles. The van der Waals surface area contributed by atoms with Crippen molar-refractivity contribution in [3.8, 4) is 34.0 Å². The lowest BCUT2D eigenvalue weighted by atomic mass is 10.0. The summed E-state index contributed by atoms with van der Waals surface area (Å²) in [7, 11) is 0. The maximum atomic E-state index is 14.6. The van der Waals surface area contributed by atoms with Gasteiger partial charge in [0.1, 0.15) is 18.1 Å². The summed E-state index contributed by atoms with van der Waals surface area (Å²) in [4.78, 5) is 4.74. The number of nitrogens with zero attached hydrogens (tertiary/aromatic N) is 3. The zero-order valence-corrected chi connectivity index (χ0v) is 21.6. The van der Waals surface area contributed by atoms with Crippen molar-refractivity contribution < 1.29 is 17.9 Å². The van der Waals surface area contributed by atoms with Gasteiger partial charge in [-0.3, -0.25) is 0 Å². The van der Waals surface area contributed by atoms with Gasteiger partial charge in [-0.05, 0) is 60.5 Å². The predicted molar refractivity (Wildman–Crippen MR) is 150 cm³/mol. The molecule has 0 bridgehead atoms. The van der Waals surface area contributed by atoms with Crippen LogP contribution in [-0.2, 0) is 12.8 Å². The van der Waals surface area contributed by atoms with E-state index in [9.17, 15) is 13.2 Å². The highest BCUT2D eigenvalue weighted by atomic mass is 19.4. The molecule has 0 saturated heterocycles. The van der Waals surface area contributed by atoms with Gasteiger partial charge in [0.25, 0.3) is 0 Å². The number of aryl methyl sites for hydroxylation is 1. The van der Waals surface area contributed by atoms with Gasteiger partial charge in [-0.2, -0.15) is 18.3 Å². The summed E-state index contributed by atoms with van der Waals surface area (Å²) in [6.45, 7) is 2.41. The van der Waals surface area contributed by atoms with Crippen molar-refractivity contribution in [1.29, 1.82) is 0 Å². The minimum Gasteiger partial charge on any atom is -0.489 e. The van der Waals surface area contributed by atoms with Gasteiger partial charge in [0.15, 0.2) is 5.65 Å². The minimum atomic E-state index is -4.62. The predicted octanol–water partition coefficient (Wildman–Crippen LogP) is 8.66. The quantitative estimate of drug-likeness (QED) is 0.214. The molecule has 0 aliphatic rings. The van der Waals surface area contributed by atoms with E-state index in [1.807, 2.05) is 55.5 Å². The monoisotopic (exact) mass is 535 g/mol. The standard InChI is InChI=1S/C33H24F3N3O/c1-22-10-8-9-13-25(22)21-40-27-18-16-23(17-19-27)29-20-28(33(34,35)36)30-31(24-11-4-2-5-12-24)38-39(32(30)37-29)26-14-6-3-7-15-26/h2-20H,21H2,1H3. The van der Waals surface area contributed by atoms with Gasteiger partial charge in [-0.1, -0.05) is 72.8 Å². The van der Waals surface area contributed by atoms with Crippen molar-refractivity contribution in [3.05, 3.63) is 132 Å². The maximum Gasteiger partial charge on any atom is 0.417 e. The van der Waals surface area contributed by atoms with E-state index in [0.29, 0.717) is 29.2 Å². The average molecular weight is 536 g/mol.